The molecule has 6 N–H and O–H groups in total. The Balaban J connectivity index is 0.00000113. The summed E-state index contributed by atoms with van der Waals surface area (Å²) in [5.41, 5.74) is 0.625. The number of hydrogen-bond donors (Lipinski definition) is 5. The van der Waals surface area contributed by atoms with Gasteiger partial charge < -0.3 is 25.6 Å². The molecule has 12 heteroatoms. The van der Waals surface area contributed by atoms with E-state index in [-0.39, 0.29) is 18.2 Å². The van der Waals surface area contributed by atoms with Gasteiger partial charge in [-0.1, -0.05) is 87.1 Å². The molecular weight excluding hydrogens is 588 g/mol. The first-order chi connectivity index (χ1) is 21.3. The summed E-state index contributed by atoms with van der Waals surface area (Å²) in [6.07, 6.45) is 9.86. The van der Waals surface area contributed by atoms with Crippen LogP contribution in [0.1, 0.15) is 120 Å². The molecule has 264 valence electrons. The molecular formula is C34H62N6O6. The van der Waals surface area contributed by atoms with Crippen LogP contribution in [0.4, 0.5) is 4.79 Å². The molecule has 46 heavy (non-hydrogen) atoms. The molecule has 0 aromatic rings. The number of rotatable bonds is 11. The van der Waals surface area contributed by atoms with Crippen LogP contribution >= 0.6 is 0 Å². The maximum Gasteiger partial charge on any atom is 0.315 e. The van der Waals surface area contributed by atoms with Crippen molar-refractivity contribution in [1.82, 2.24) is 26.3 Å². The Hall–Kier alpha value is -3.12. The summed E-state index contributed by atoms with van der Waals surface area (Å²) >= 11 is 0. The highest BCUT2D eigenvalue weighted by Gasteiger charge is 2.42. The number of nitrogens with two attached hydrogens (primary N) is 1. The molecule has 0 aromatic carbocycles. The van der Waals surface area contributed by atoms with Crippen LogP contribution < -0.4 is 27.2 Å². The Kier molecular flexibility index (Phi) is 18.8. The second-order valence-electron chi connectivity index (χ2n) is 14.4. The van der Waals surface area contributed by atoms with E-state index in [1.165, 1.54) is 19.4 Å². The summed E-state index contributed by atoms with van der Waals surface area (Å²) in [5, 5.41) is 8.34. The second-order valence-corrected chi connectivity index (χ2v) is 14.4. The number of nitrogens with zero attached hydrogens (tertiary/aromatic N) is 1. The number of hydrazine groups is 1. The van der Waals surface area contributed by atoms with Crippen molar-refractivity contribution in [2.45, 2.75) is 144 Å². The minimum absolute atomic E-state index is 0.129. The number of Topliss-reactive ketones (excluding diaryl/α,β-unsaturated/α-hetero) is 2. The van der Waals surface area contributed by atoms with E-state index in [4.69, 9.17) is 5.84 Å². The fourth-order valence-electron chi connectivity index (χ4n) is 5.10. The first kappa shape index (κ1) is 42.9. The summed E-state index contributed by atoms with van der Waals surface area (Å²) < 4.78 is 0. The minimum Gasteiger partial charge on any atom is -0.346 e. The molecule has 2 fully saturated rings. The lowest BCUT2D eigenvalue weighted by atomic mass is 9.74. The smallest absolute Gasteiger partial charge is 0.315 e. The zero-order valence-corrected chi connectivity index (χ0v) is 29.8. The lowest BCUT2D eigenvalue weighted by Crippen LogP contribution is -2.61. The Morgan fingerprint density at radius 3 is 2.02 bits per heavy atom. The molecule has 2 aliphatic rings. The summed E-state index contributed by atoms with van der Waals surface area (Å²) in [6.45, 7) is 21.4. The first-order valence-corrected chi connectivity index (χ1v) is 16.6. The first-order valence-electron chi connectivity index (χ1n) is 16.6. The standard InChI is InChI=1S/C24H41N3O4.C7H13N3O2.C3H8/c1-22(2,3)18(29)15-24(12-8-7-9-13-24)26-21(31)25-19(23(4,5)6)20(30)27-14-10-11-17(27)16-28;1-3-4-9-7(12)6(11)5(2)10-8;1-3-2/h16-17,19H,7-15H2,1-6H3,(H2,25,26,31);3,5,10H,1,4,8H2,2H3,(H,9,12);3H2,1-2H3. The van der Waals surface area contributed by atoms with Gasteiger partial charge >= 0.3 is 6.03 Å². The van der Waals surface area contributed by atoms with Crippen molar-refractivity contribution in [2.75, 3.05) is 13.1 Å². The third-order valence-corrected chi connectivity index (χ3v) is 7.93. The monoisotopic (exact) mass is 650 g/mol. The number of carbonyl (C=O) groups excluding carboxylic acids is 6. The van der Waals surface area contributed by atoms with E-state index in [9.17, 15) is 28.8 Å². The van der Waals surface area contributed by atoms with E-state index in [0.717, 1.165) is 44.8 Å². The van der Waals surface area contributed by atoms with Crippen molar-refractivity contribution in [3.63, 3.8) is 0 Å². The fraction of sp³-hybridized carbons (Fsp3) is 0.765. The van der Waals surface area contributed by atoms with Crippen LogP contribution in [-0.4, -0.2) is 77.4 Å². The van der Waals surface area contributed by atoms with Gasteiger partial charge in [0.25, 0.3) is 5.91 Å². The molecule has 3 atom stereocenters. The van der Waals surface area contributed by atoms with Gasteiger partial charge in [-0.15, -0.1) is 6.58 Å². The van der Waals surface area contributed by atoms with Gasteiger partial charge in [0.1, 0.15) is 18.1 Å². The highest BCUT2D eigenvalue weighted by molar-refractivity contribution is 6.38. The number of amides is 4. The van der Waals surface area contributed by atoms with Crippen LogP contribution in [0.15, 0.2) is 12.7 Å². The van der Waals surface area contributed by atoms with Gasteiger partial charge in [-0.3, -0.25) is 25.0 Å². The Morgan fingerprint density at radius 2 is 1.57 bits per heavy atom. The van der Waals surface area contributed by atoms with Gasteiger partial charge in [0.2, 0.25) is 11.7 Å². The SMILES string of the molecule is C=CCNC(=O)C(=O)C(C)NN.CC(C)(C)C(=O)CC1(NC(=O)NC(C(=O)N2CCCC2C=O)C(C)(C)C)CCCCC1.CCC. The number of urea groups is 1. The van der Waals surface area contributed by atoms with Gasteiger partial charge in [-0.2, -0.15) is 0 Å². The van der Waals surface area contributed by atoms with Crippen LogP contribution in [0.5, 0.6) is 0 Å². The molecule has 0 spiro atoms. The van der Waals surface area contributed by atoms with Crippen molar-refractivity contribution in [3.8, 4) is 0 Å². The van der Waals surface area contributed by atoms with E-state index in [1.807, 2.05) is 41.5 Å². The van der Waals surface area contributed by atoms with Crippen molar-refractivity contribution in [3.05, 3.63) is 12.7 Å². The summed E-state index contributed by atoms with van der Waals surface area (Å²) in [6, 6.07) is -2.25. The third-order valence-electron chi connectivity index (χ3n) is 7.93. The molecule has 0 aromatic heterocycles. The van der Waals surface area contributed by atoms with E-state index >= 15 is 0 Å². The van der Waals surface area contributed by atoms with E-state index in [0.29, 0.717) is 19.4 Å². The molecule has 4 amide bonds. The highest BCUT2D eigenvalue weighted by Crippen LogP contribution is 2.34. The molecule has 3 unspecified atom stereocenters. The average molecular weight is 651 g/mol. The lowest BCUT2D eigenvalue weighted by Gasteiger charge is -2.40. The zero-order chi connectivity index (χ0) is 35.7. The molecule has 1 saturated carbocycles. The van der Waals surface area contributed by atoms with E-state index in [2.05, 4.69) is 41.8 Å². The normalized spacial score (nSPS) is 18.7. The van der Waals surface area contributed by atoms with Gasteiger partial charge in [0.05, 0.1) is 12.1 Å². The number of hydrogen-bond acceptors (Lipinski definition) is 8. The predicted octanol–water partition coefficient (Wildman–Crippen LogP) is 3.72. The van der Waals surface area contributed by atoms with Gasteiger partial charge in [0.15, 0.2) is 0 Å². The van der Waals surface area contributed by atoms with Crippen LogP contribution in [0.25, 0.3) is 0 Å². The van der Waals surface area contributed by atoms with Crippen LogP contribution in [-0.2, 0) is 24.0 Å². The molecule has 0 bridgehead atoms. The predicted molar refractivity (Wildman–Crippen MR) is 182 cm³/mol. The molecule has 0 radical (unpaired) electrons. The maximum atomic E-state index is 13.2. The second kappa shape index (κ2) is 20.2. The Morgan fingerprint density at radius 1 is 1.00 bits per heavy atom. The van der Waals surface area contributed by atoms with Crippen molar-refractivity contribution in [2.24, 2.45) is 16.7 Å². The quantitative estimate of drug-likeness (QED) is 0.0738. The highest BCUT2D eigenvalue weighted by atomic mass is 16.2. The lowest BCUT2D eigenvalue weighted by molar-refractivity contribution is -0.138. The molecule has 1 saturated heterocycles. The molecule has 2 rings (SSSR count). The van der Waals surface area contributed by atoms with Crippen LogP contribution in [0, 0.1) is 10.8 Å². The fourth-order valence-corrected chi connectivity index (χ4v) is 5.10. The topological polar surface area (TPSA) is 180 Å². The Bertz CT molecular complexity index is 1030. The van der Waals surface area contributed by atoms with Gasteiger partial charge in [0, 0.05) is 30.5 Å². The maximum absolute atomic E-state index is 13.2. The average Bonchev–Trinajstić information content (AvgIpc) is 3.46. The minimum atomic E-state index is -0.757. The van der Waals surface area contributed by atoms with Gasteiger partial charge in [-0.05, 0) is 38.0 Å². The molecule has 1 heterocycles. The van der Waals surface area contributed by atoms with Crippen molar-refractivity contribution >= 4 is 35.7 Å². The largest absolute Gasteiger partial charge is 0.346 e. The summed E-state index contributed by atoms with van der Waals surface area (Å²) in [5.74, 6) is 3.64. The molecule has 12 nitrogen and oxygen atoms in total. The van der Waals surface area contributed by atoms with Crippen LogP contribution in [0.3, 0.4) is 0 Å². The number of likely N-dealkylation sites (tertiary alicyclic amines) is 1. The number of aldehydes is 1. The van der Waals surface area contributed by atoms with Crippen molar-refractivity contribution in [1.29, 1.82) is 0 Å². The number of carbonyl (C=O) groups is 6. The third kappa shape index (κ3) is 14.5. The molecule has 1 aliphatic carbocycles. The van der Waals surface area contributed by atoms with Crippen molar-refractivity contribution < 1.29 is 28.8 Å². The van der Waals surface area contributed by atoms with E-state index < -0.39 is 52.2 Å². The molecule has 1 aliphatic heterocycles. The van der Waals surface area contributed by atoms with E-state index in [1.54, 1.807) is 4.90 Å². The Labute approximate surface area is 276 Å². The summed E-state index contributed by atoms with van der Waals surface area (Å²) in [7, 11) is 0. The number of nitrogens with one attached hydrogen (secondary N) is 4. The number of ketones is 2. The van der Waals surface area contributed by atoms with Gasteiger partial charge in [-0.25, -0.2) is 10.2 Å². The summed E-state index contributed by atoms with van der Waals surface area (Å²) in [4.78, 5) is 74.0. The zero-order valence-electron chi connectivity index (χ0n) is 29.8. The van der Waals surface area contributed by atoms with Crippen LogP contribution in [0.2, 0.25) is 0 Å².